The van der Waals surface area contributed by atoms with E-state index in [1.165, 1.54) is 32.3 Å². The van der Waals surface area contributed by atoms with Crippen LogP contribution >= 0.6 is 0 Å². The van der Waals surface area contributed by atoms with Crippen molar-refractivity contribution in [2.75, 3.05) is 5.32 Å². The molecule has 0 aliphatic heterocycles. The van der Waals surface area contributed by atoms with Crippen LogP contribution in [0.4, 0.5) is 10.1 Å². The minimum Gasteiger partial charge on any atom is -0.380 e. The topological polar surface area (TPSA) is 63.1 Å². The molecule has 1 aromatic heterocycles. The van der Waals surface area contributed by atoms with Crippen molar-refractivity contribution in [3.63, 3.8) is 0 Å². The SMILES string of the molecule is CC(=O)NCc1cn(C2CCCC2)c2cc(NC3CCCCC3)c(F)cc2c1=O. The van der Waals surface area contributed by atoms with Gasteiger partial charge in [0.25, 0.3) is 0 Å². The average Bonchev–Trinajstić information content (AvgIpc) is 3.24. The van der Waals surface area contributed by atoms with Crippen molar-refractivity contribution in [3.8, 4) is 0 Å². The van der Waals surface area contributed by atoms with Crippen LogP contribution in [0.5, 0.6) is 0 Å². The molecule has 0 spiro atoms. The number of anilines is 1. The molecule has 156 valence electrons. The minimum absolute atomic E-state index is 0.167. The first-order valence-corrected chi connectivity index (χ1v) is 10.9. The number of fused-ring (bicyclic) bond motifs is 1. The summed E-state index contributed by atoms with van der Waals surface area (Å²) in [6.07, 6.45) is 12.0. The molecule has 2 aliphatic carbocycles. The number of nitrogens with one attached hydrogen (secondary N) is 2. The second-order valence-electron chi connectivity index (χ2n) is 8.57. The average molecular weight is 400 g/mol. The highest BCUT2D eigenvalue weighted by molar-refractivity contribution is 5.84. The van der Waals surface area contributed by atoms with Gasteiger partial charge in [0.2, 0.25) is 5.91 Å². The number of rotatable bonds is 5. The summed E-state index contributed by atoms with van der Waals surface area (Å²) in [6, 6.07) is 3.80. The van der Waals surface area contributed by atoms with E-state index in [0.717, 1.165) is 44.0 Å². The Labute approximate surface area is 170 Å². The summed E-state index contributed by atoms with van der Waals surface area (Å²) in [7, 11) is 0. The number of hydrogen-bond acceptors (Lipinski definition) is 3. The van der Waals surface area contributed by atoms with Gasteiger partial charge in [-0.1, -0.05) is 32.1 Å². The van der Waals surface area contributed by atoms with Crippen molar-refractivity contribution in [3.05, 3.63) is 39.9 Å². The summed E-state index contributed by atoms with van der Waals surface area (Å²) in [6.45, 7) is 1.60. The van der Waals surface area contributed by atoms with Gasteiger partial charge in [0, 0.05) is 42.7 Å². The van der Waals surface area contributed by atoms with Crippen molar-refractivity contribution >= 4 is 22.5 Å². The highest BCUT2D eigenvalue weighted by Gasteiger charge is 2.22. The molecule has 5 nitrogen and oxygen atoms in total. The molecule has 0 bridgehead atoms. The van der Waals surface area contributed by atoms with Crippen LogP contribution in [0.2, 0.25) is 0 Å². The van der Waals surface area contributed by atoms with Crippen LogP contribution in [0.1, 0.15) is 76.3 Å². The standard InChI is InChI=1S/C23H30FN3O2/c1-15(28)25-13-16-14-27(18-9-5-6-10-18)22-12-21(20(24)11-19(22)23(16)29)26-17-7-3-2-4-8-17/h11-12,14,17-18,26H,2-10,13H2,1H3,(H,25,28). The second-order valence-corrected chi connectivity index (χ2v) is 8.57. The first-order valence-electron chi connectivity index (χ1n) is 10.9. The fourth-order valence-electron chi connectivity index (χ4n) is 4.83. The van der Waals surface area contributed by atoms with Gasteiger partial charge in [-0.15, -0.1) is 0 Å². The fourth-order valence-corrected chi connectivity index (χ4v) is 4.83. The number of aromatic nitrogens is 1. The maximum atomic E-state index is 14.9. The van der Waals surface area contributed by atoms with E-state index in [-0.39, 0.29) is 23.7 Å². The van der Waals surface area contributed by atoms with Gasteiger partial charge in [-0.25, -0.2) is 4.39 Å². The van der Waals surface area contributed by atoms with Crippen molar-refractivity contribution < 1.29 is 9.18 Å². The highest BCUT2D eigenvalue weighted by atomic mass is 19.1. The Kier molecular flexibility index (Phi) is 5.88. The molecule has 6 heteroatoms. The van der Waals surface area contributed by atoms with Crippen molar-refractivity contribution in [1.29, 1.82) is 0 Å². The molecule has 2 saturated carbocycles. The lowest BCUT2D eigenvalue weighted by molar-refractivity contribution is -0.119. The number of hydrogen-bond donors (Lipinski definition) is 2. The molecule has 2 fully saturated rings. The number of carbonyl (C=O) groups excluding carboxylic acids is 1. The van der Waals surface area contributed by atoms with E-state index >= 15 is 0 Å². The molecule has 0 atom stereocenters. The van der Waals surface area contributed by atoms with Gasteiger partial charge in [0.1, 0.15) is 5.82 Å². The van der Waals surface area contributed by atoms with Crippen molar-refractivity contribution in [2.24, 2.45) is 0 Å². The molecule has 2 aliphatic rings. The molecular formula is C23H30FN3O2. The number of pyridine rings is 1. The van der Waals surface area contributed by atoms with Crippen LogP contribution in [0.3, 0.4) is 0 Å². The molecular weight excluding hydrogens is 369 g/mol. The van der Waals surface area contributed by atoms with Crippen LogP contribution in [0, 0.1) is 5.82 Å². The number of nitrogens with zero attached hydrogens (tertiary/aromatic N) is 1. The monoisotopic (exact) mass is 399 g/mol. The molecule has 2 aromatic rings. The summed E-state index contributed by atoms with van der Waals surface area (Å²) in [5.74, 6) is -0.565. The Morgan fingerprint density at radius 3 is 2.48 bits per heavy atom. The zero-order chi connectivity index (χ0) is 20.4. The van der Waals surface area contributed by atoms with E-state index in [2.05, 4.69) is 15.2 Å². The van der Waals surface area contributed by atoms with Gasteiger partial charge in [0.05, 0.1) is 11.2 Å². The predicted molar refractivity (Wildman–Crippen MR) is 114 cm³/mol. The molecule has 0 saturated heterocycles. The van der Waals surface area contributed by atoms with E-state index in [1.54, 1.807) is 0 Å². The van der Waals surface area contributed by atoms with E-state index in [4.69, 9.17) is 0 Å². The van der Waals surface area contributed by atoms with Crippen LogP contribution in [0.15, 0.2) is 23.1 Å². The highest BCUT2D eigenvalue weighted by Crippen LogP contribution is 2.33. The van der Waals surface area contributed by atoms with Gasteiger partial charge >= 0.3 is 0 Å². The van der Waals surface area contributed by atoms with Gasteiger partial charge in [-0.2, -0.15) is 0 Å². The second kappa shape index (κ2) is 8.56. The third-order valence-corrected chi connectivity index (χ3v) is 6.41. The molecule has 0 unspecified atom stereocenters. The molecule has 2 N–H and O–H groups in total. The predicted octanol–water partition coefficient (Wildman–Crippen LogP) is 4.64. The number of amides is 1. The Morgan fingerprint density at radius 1 is 1.10 bits per heavy atom. The largest absolute Gasteiger partial charge is 0.380 e. The third-order valence-electron chi connectivity index (χ3n) is 6.41. The summed E-state index contributed by atoms with van der Waals surface area (Å²) >= 11 is 0. The van der Waals surface area contributed by atoms with E-state index in [0.29, 0.717) is 28.7 Å². The lowest BCUT2D eigenvalue weighted by atomic mass is 9.95. The van der Waals surface area contributed by atoms with Crippen molar-refractivity contribution in [2.45, 2.75) is 83.3 Å². The zero-order valence-corrected chi connectivity index (χ0v) is 17.1. The first kappa shape index (κ1) is 19.9. The lowest BCUT2D eigenvalue weighted by Gasteiger charge is -2.25. The van der Waals surface area contributed by atoms with E-state index < -0.39 is 0 Å². The molecule has 1 amide bonds. The smallest absolute Gasteiger partial charge is 0.217 e. The maximum Gasteiger partial charge on any atom is 0.217 e. The minimum atomic E-state index is -0.380. The Hall–Kier alpha value is -2.37. The molecule has 1 heterocycles. The van der Waals surface area contributed by atoms with Crippen LogP contribution < -0.4 is 16.1 Å². The summed E-state index contributed by atoms with van der Waals surface area (Å²) in [5, 5.41) is 6.49. The van der Waals surface area contributed by atoms with Crippen LogP contribution in [-0.4, -0.2) is 16.5 Å². The number of benzene rings is 1. The maximum absolute atomic E-state index is 14.9. The summed E-state index contributed by atoms with van der Waals surface area (Å²) in [5.41, 5.74) is 1.58. The summed E-state index contributed by atoms with van der Waals surface area (Å²) in [4.78, 5) is 24.3. The quantitative estimate of drug-likeness (QED) is 0.770. The van der Waals surface area contributed by atoms with E-state index in [9.17, 15) is 14.0 Å². The van der Waals surface area contributed by atoms with Crippen molar-refractivity contribution in [1.82, 2.24) is 9.88 Å². The summed E-state index contributed by atoms with van der Waals surface area (Å²) < 4.78 is 17.1. The Balaban J connectivity index is 1.78. The third kappa shape index (κ3) is 4.31. The van der Waals surface area contributed by atoms with Gasteiger partial charge in [0.15, 0.2) is 5.43 Å². The molecule has 0 radical (unpaired) electrons. The number of halogens is 1. The van der Waals surface area contributed by atoms with E-state index in [1.807, 2.05) is 12.3 Å². The molecule has 4 rings (SSSR count). The lowest BCUT2D eigenvalue weighted by Crippen LogP contribution is -2.26. The normalized spacial score (nSPS) is 18.3. The zero-order valence-electron chi connectivity index (χ0n) is 17.1. The Bertz CT molecular complexity index is 957. The molecule has 29 heavy (non-hydrogen) atoms. The van der Waals surface area contributed by atoms with Crippen LogP contribution in [-0.2, 0) is 11.3 Å². The van der Waals surface area contributed by atoms with Gasteiger partial charge in [-0.05, 0) is 37.8 Å². The Morgan fingerprint density at radius 2 is 1.79 bits per heavy atom. The van der Waals surface area contributed by atoms with Crippen LogP contribution in [0.25, 0.3) is 10.9 Å². The van der Waals surface area contributed by atoms with Gasteiger partial charge in [-0.3, -0.25) is 9.59 Å². The fraction of sp³-hybridized carbons (Fsp3) is 0.565. The first-order chi connectivity index (χ1) is 14.0. The molecule has 1 aromatic carbocycles. The number of carbonyl (C=O) groups is 1. The van der Waals surface area contributed by atoms with Gasteiger partial charge < -0.3 is 15.2 Å².